The molecule has 7 nitrogen and oxygen atoms in total. The summed E-state index contributed by atoms with van der Waals surface area (Å²) in [7, 11) is 0. The lowest BCUT2D eigenvalue weighted by Gasteiger charge is -2.37. The van der Waals surface area contributed by atoms with E-state index in [2.05, 4.69) is 27.3 Å². The van der Waals surface area contributed by atoms with Crippen molar-refractivity contribution in [3.8, 4) is 0 Å². The van der Waals surface area contributed by atoms with Crippen molar-refractivity contribution in [3.63, 3.8) is 0 Å². The average Bonchev–Trinajstić information content (AvgIpc) is 2.84. The number of hydrogen-bond donors (Lipinski definition) is 2. The van der Waals surface area contributed by atoms with E-state index < -0.39 is 11.5 Å². The molecule has 118 valence electrons. The molecule has 0 bridgehead atoms. The van der Waals surface area contributed by atoms with Crippen LogP contribution in [-0.4, -0.2) is 54.9 Å². The Balaban J connectivity index is 2.03. The van der Waals surface area contributed by atoms with Crippen LogP contribution in [0.5, 0.6) is 0 Å². The molecular formula is C14H25N5O2. The number of nitrogens with one attached hydrogen (secondary N) is 1. The van der Waals surface area contributed by atoms with Gasteiger partial charge in [0, 0.05) is 25.2 Å². The molecule has 0 saturated heterocycles. The Morgan fingerprint density at radius 3 is 2.81 bits per heavy atom. The number of aromatic nitrogens is 3. The Morgan fingerprint density at radius 1 is 1.48 bits per heavy atom. The van der Waals surface area contributed by atoms with Gasteiger partial charge in [-0.3, -0.25) is 15.0 Å². The van der Waals surface area contributed by atoms with Gasteiger partial charge in [-0.05, 0) is 34.1 Å². The monoisotopic (exact) mass is 295 g/mol. The maximum atomic E-state index is 11.6. The lowest BCUT2D eigenvalue weighted by atomic mass is 9.92. The third-order valence-corrected chi connectivity index (χ3v) is 4.07. The van der Waals surface area contributed by atoms with E-state index in [9.17, 15) is 9.90 Å². The number of fused-ring (bicyclic) bond motifs is 1. The standard InChI is InChI=1S/C14H25N5O2/c1-10(2)16-14(4,13(20)21)7-11(3)18-5-6-19-9-15-17-12(19)8-18/h9-11,16H,5-8H2,1-4H3,(H,20,21). The Bertz CT molecular complexity index is 501. The minimum absolute atomic E-state index is 0.128. The topological polar surface area (TPSA) is 83.3 Å². The third kappa shape index (κ3) is 3.59. The van der Waals surface area contributed by atoms with E-state index >= 15 is 0 Å². The van der Waals surface area contributed by atoms with Gasteiger partial charge in [0.15, 0.2) is 0 Å². The maximum Gasteiger partial charge on any atom is 0.323 e. The van der Waals surface area contributed by atoms with Crippen molar-refractivity contribution >= 4 is 5.97 Å². The number of carboxylic acid groups (broad SMARTS) is 1. The largest absolute Gasteiger partial charge is 0.480 e. The Morgan fingerprint density at radius 2 is 2.19 bits per heavy atom. The van der Waals surface area contributed by atoms with Crippen molar-refractivity contribution in [3.05, 3.63) is 12.2 Å². The van der Waals surface area contributed by atoms with Gasteiger partial charge < -0.3 is 9.67 Å². The van der Waals surface area contributed by atoms with Crippen molar-refractivity contribution in [2.45, 2.75) is 64.8 Å². The zero-order valence-corrected chi connectivity index (χ0v) is 13.2. The highest BCUT2D eigenvalue weighted by atomic mass is 16.4. The first-order valence-corrected chi connectivity index (χ1v) is 7.43. The van der Waals surface area contributed by atoms with Crippen LogP contribution in [0.2, 0.25) is 0 Å². The number of carboxylic acids is 1. The molecule has 0 radical (unpaired) electrons. The minimum Gasteiger partial charge on any atom is -0.480 e. The van der Waals surface area contributed by atoms with E-state index in [-0.39, 0.29) is 12.1 Å². The van der Waals surface area contributed by atoms with Crippen LogP contribution >= 0.6 is 0 Å². The van der Waals surface area contributed by atoms with Gasteiger partial charge in [0.25, 0.3) is 0 Å². The van der Waals surface area contributed by atoms with E-state index in [4.69, 9.17) is 0 Å². The van der Waals surface area contributed by atoms with E-state index in [1.807, 2.05) is 18.4 Å². The molecule has 2 unspecified atom stereocenters. The van der Waals surface area contributed by atoms with Crippen LogP contribution in [0, 0.1) is 0 Å². The zero-order chi connectivity index (χ0) is 15.6. The SMILES string of the molecule is CC(C)NC(C)(CC(C)N1CCn2cnnc2C1)C(=O)O. The normalized spacial score (nSPS) is 20.0. The van der Waals surface area contributed by atoms with Gasteiger partial charge in [-0.15, -0.1) is 10.2 Å². The smallest absolute Gasteiger partial charge is 0.323 e. The fraction of sp³-hybridized carbons (Fsp3) is 0.786. The molecule has 2 rings (SSSR count). The first kappa shape index (κ1) is 15.9. The summed E-state index contributed by atoms with van der Waals surface area (Å²) < 4.78 is 2.05. The molecule has 0 aliphatic carbocycles. The Labute approximate surface area is 125 Å². The summed E-state index contributed by atoms with van der Waals surface area (Å²) in [5.41, 5.74) is -0.918. The summed E-state index contributed by atoms with van der Waals surface area (Å²) in [4.78, 5) is 13.9. The van der Waals surface area contributed by atoms with Gasteiger partial charge in [0.2, 0.25) is 0 Å². The highest BCUT2D eigenvalue weighted by Crippen LogP contribution is 2.21. The van der Waals surface area contributed by atoms with Crippen LogP contribution < -0.4 is 5.32 Å². The Kier molecular flexibility index (Phi) is 4.63. The van der Waals surface area contributed by atoms with Gasteiger partial charge in [-0.1, -0.05) is 0 Å². The van der Waals surface area contributed by atoms with Gasteiger partial charge in [0.1, 0.15) is 17.7 Å². The number of rotatable bonds is 6. The number of aliphatic carboxylic acids is 1. The van der Waals surface area contributed by atoms with Gasteiger partial charge in [-0.2, -0.15) is 0 Å². The highest BCUT2D eigenvalue weighted by molar-refractivity contribution is 5.78. The average molecular weight is 295 g/mol. The second-order valence-corrected chi connectivity index (χ2v) is 6.40. The van der Waals surface area contributed by atoms with Crippen molar-refractivity contribution in [1.82, 2.24) is 25.0 Å². The second-order valence-electron chi connectivity index (χ2n) is 6.40. The lowest BCUT2D eigenvalue weighted by molar-refractivity contribution is -0.145. The minimum atomic E-state index is -0.918. The summed E-state index contributed by atoms with van der Waals surface area (Å²) in [5, 5.41) is 20.8. The van der Waals surface area contributed by atoms with Crippen LogP contribution in [0.15, 0.2) is 6.33 Å². The molecule has 2 atom stereocenters. The van der Waals surface area contributed by atoms with Gasteiger partial charge in [-0.25, -0.2) is 0 Å². The zero-order valence-electron chi connectivity index (χ0n) is 13.2. The molecule has 2 heterocycles. The second kappa shape index (κ2) is 6.11. The summed E-state index contributed by atoms with van der Waals surface area (Å²) in [6.07, 6.45) is 2.30. The van der Waals surface area contributed by atoms with E-state index in [1.54, 1.807) is 13.3 Å². The molecule has 1 aliphatic rings. The van der Waals surface area contributed by atoms with Crippen LogP contribution in [0.1, 0.15) is 39.9 Å². The molecule has 1 aromatic heterocycles. The maximum absolute atomic E-state index is 11.6. The van der Waals surface area contributed by atoms with Crippen molar-refractivity contribution < 1.29 is 9.90 Å². The molecular weight excluding hydrogens is 270 g/mol. The Hall–Kier alpha value is -1.47. The third-order valence-electron chi connectivity index (χ3n) is 4.07. The van der Waals surface area contributed by atoms with Gasteiger partial charge in [0.05, 0.1) is 6.54 Å². The van der Waals surface area contributed by atoms with Crippen LogP contribution in [0.3, 0.4) is 0 Å². The summed E-state index contributed by atoms with van der Waals surface area (Å²) >= 11 is 0. The molecule has 2 N–H and O–H groups in total. The van der Waals surface area contributed by atoms with Crippen molar-refractivity contribution in [2.75, 3.05) is 6.54 Å². The summed E-state index contributed by atoms with van der Waals surface area (Å²) in [6, 6.07) is 0.283. The summed E-state index contributed by atoms with van der Waals surface area (Å²) in [5.74, 6) is 0.144. The van der Waals surface area contributed by atoms with Crippen molar-refractivity contribution in [2.24, 2.45) is 0 Å². The fourth-order valence-electron chi connectivity index (χ4n) is 3.03. The molecule has 0 fully saturated rings. The van der Waals surface area contributed by atoms with E-state index in [1.165, 1.54) is 0 Å². The van der Waals surface area contributed by atoms with Crippen molar-refractivity contribution in [1.29, 1.82) is 0 Å². The number of carbonyl (C=O) groups is 1. The molecule has 0 saturated carbocycles. The fourth-order valence-corrected chi connectivity index (χ4v) is 3.03. The first-order valence-electron chi connectivity index (χ1n) is 7.43. The van der Waals surface area contributed by atoms with Crippen LogP contribution in [-0.2, 0) is 17.9 Å². The molecule has 0 amide bonds. The lowest BCUT2D eigenvalue weighted by Crippen LogP contribution is -2.56. The molecule has 7 heteroatoms. The molecule has 0 aromatic carbocycles. The van der Waals surface area contributed by atoms with Crippen LogP contribution in [0.4, 0.5) is 0 Å². The van der Waals surface area contributed by atoms with Gasteiger partial charge >= 0.3 is 5.97 Å². The molecule has 21 heavy (non-hydrogen) atoms. The van der Waals surface area contributed by atoms with Crippen LogP contribution in [0.25, 0.3) is 0 Å². The molecule has 1 aromatic rings. The quantitative estimate of drug-likeness (QED) is 0.804. The summed E-state index contributed by atoms with van der Waals surface area (Å²) in [6.45, 7) is 10.2. The predicted molar refractivity (Wildman–Crippen MR) is 78.8 cm³/mol. The molecule has 0 spiro atoms. The van der Waals surface area contributed by atoms with E-state index in [0.29, 0.717) is 6.42 Å². The molecule has 1 aliphatic heterocycles. The van der Waals surface area contributed by atoms with E-state index in [0.717, 1.165) is 25.5 Å². The predicted octanol–water partition coefficient (Wildman–Crippen LogP) is 0.714. The first-order chi connectivity index (χ1) is 9.82. The highest BCUT2D eigenvalue weighted by Gasteiger charge is 2.37. The number of hydrogen-bond acceptors (Lipinski definition) is 5. The number of nitrogens with zero attached hydrogens (tertiary/aromatic N) is 4.